The second-order valence-electron chi connectivity index (χ2n) is 5.27. The third-order valence-corrected chi connectivity index (χ3v) is 4.15. The molecule has 1 fully saturated rings. The van der Waals surface area contributed by atoms with Crippen molar-refractivity contribution in [3.63, 3.8) is 0 Å². The average Bonchev–Trinajstić information content (AvgIpc) is 2.84. The zero-order valence-corrected chi connectivity index (χ0v) is 11.2. The van der Waals surface area contributed by atoms with E-state index in [9.17, 15) is 5.11 Å². The Morgan fingerprint density at radius 2 is 2.28 bits per heavy atom. The van der Waals surface area contributed by atoms with Gasteiger partial charge < -0.3 is 14.4 Å². The molecule has 2 heterocycles. The summed E-state index contributed by atoms with van der Waals surface area (Å²) in [6.07, 6.45) is 0.681. The van der Waals surface area contributed by atoms with Gasteiger partial charge in [0.2, 0.25) is 0 Å². The molecule has 0 amide bonds. The number of para-hydroxylation sites is 1. The summed E-state index contributed by atoms with van der Waals surface area (Å²) in [7, 11) is 2.01. The van der Waals surface area contributed by atoms with Crippen molar-refractivity contribution in [2.24, 2.45) is 0 Å². The van der Waals surface area contributed by atoms with E-state index in [0.29, 0.717) is 35.4 Å². The second kappa shape index (κ2) is 3.98. The third kappa shape index (κ3) is 1.74. The molecule has 4 heteroatoms. The van der Waals surface area contributed by atoms with Crippen LogP contribution in [-0.2, 0) is 5.60 Å². The van der Waals surface area contributed by atoms with Crippen LogP contribution in [0.1, 0.15) is 19.1 Å². The van der Waals surface area contributed by atoms with Gasteiger partial charge in [0.1, 0.15) is 11.4 Å². The van der Waals surface area contributed by atoms with Crippen LogP contribution in [0.2, 0.25) is 5.02 Å². The lowest BCUT2D eigenvalue weighted by molar-refractivity contribution is 0.0278. The predicted molar refractivity (Wildman–Crippen MR) is 71.8 cm³/mol. The molecule has 3 nitrogen and oxygen atoms in total. The fourth-order valence-electron chi connectivity index (χ4n) is 2.71. The lowest BCUT2D eigenvalue weighted by atomic mass is 9.97. The number of halogens is 1. The van der Waals surface area contributed by atoms with Crippen LogP contribution in [0.25, 0.3) is 11.0 Å². The molecule has 0 aliphatic carbocycles. The number of benzene rings is 1. The zero-order valence-electron chi connectivity index (χ0n) is 10.5. The Morgan fingerprint density at radius 3 is 2.89 bits per heavy atom. The molecule has 1 aromatic heterocycles. The highest BCUT2D eigenvalue weighted by Gasteiger charge is 2.42. The molecule has 96 valence electrons. The van der Waals surface area contributed by atoms with E-state index in [4.69, 9.17) is 16.0 Å². The van der Waals surface area contributed by atoms with Gasteiger partial charge in [-0.1, -0.05) is 23.7 Å². The number of hydrogen-bond donors (Lipinski definition) is 1. The van der Waals surface area contributed by atoms with Gasteiger partial charge in [-0.05, 0) is 32.5 Å². The Hall–Kier alpha value is -1.03. The monoisotopic (exact) mass is 265 g/mol. The van der Waals surface area contributed by atoms with E-state index >= 15 is 0 Å². The Bertz CT molecular complexity index is 582. The molecule has 0 saturated carbocycles. The van der Waals surface area contributed by atoms with Gasteiger partial charge in [-0.25, -0.2) is 0 Å². The first-order chi connectivity index (χ1) is 8.49. The minimum absolute atomic E-state index is 0.346. The van der Waals surface area contributed by atoms with Gasteiger partial charge in [0, 0.05) is 18.0 Å². The van der Waals surface area contributed by atoms with Gasteiger partial charge in [0.05, 0.1) is 5.02 Å². The van der Waals surface area contributed by atoms with Crippen LogP contribution in [0.5, 0.6) is 0 Å². The largest absolute Gasteiger partial charge is 0.456 e. The molecule has 1 aliphatic heterocycles. The summed E-state index contributed by atoms with van der Waals surface area (Å²) < 4.78 is 5.77. The molecule has 1 aliphatic rings. The number of hydrogen-bond acceptors (Lipinski definition) is 3. The van der Waals surface area contributed by atoms with Crippen LogP contribution in [0.3, 0.4) is 0 Å². The molecule has 2 unspecified atom stereocenters. The van der Waals surface area contributed by atoms with E-state index in [1.54, 1.807) is 6.07 Å². The minimum atomic E-state index is -0.906. The zero-order chi connectivity index (χ0) is 12.9. The van der Waals surface area contributed by atoms with Crippen LogP contribution in [0.15, 0.2) is 28.7 Å². The van der Waals surface area contributed by atoms with Crippen molar-refractivity contribution in [1.29, 1.82) is 0 Å². The Balaban J connectivity index is 2.07. The number of β-amino-alcohol motifs (C(OH)–C–C–N with tert-alkyl or cyclic N) is 1. The molecule has 2 aromatic rings. The van der Waals surface area contributed by atoms with Crippen molar-refractivity contribution in [1.82, 2.24) is 4.90 Å². The smallest absolute Gasteiger partial charge is 0.153 e. The summed E-state index contributed by atoms with van der Waals surface area (Å²) in [6, 6.07) is 7.87. The molecular weight excluding hydrogens is 250 g/mol. The highest BCUT2D eigenvalue weighted by molar-refractivity contribution is 6.34. The van der Waals surface area contributed by atoms with E-state index in [1.165, 1.54) is 0 Å². The Labute approximate surface area is 111 Å². The van der Waals surface area contributed by atoms with Gasteiger partial charge in [-0.2, -0.15) is 0 Å². The van der Waals surface area contributed by atoms with Gasteiger partial charge in [0.15, 0.2) is 5.58 Å². The minimum Gasteiger partial charge on any atom is -0.456 e. The van der Waals surface area contributed by atoms with E-state index in [0.717, 1.165) is 5.39 Å². The van der Waals surface area contributed by atoms with E-state index in [1.807, 2.05) is 25.2 Å². The first-order valence-corrected chi connectivity index (χ1v) is 6.48. The van der Waals surface area contributed by atoms with Gasteiger partial charge >= 0.3 is 0 Å². The van der Waals surface area contributed by atoms with Crippen molar-refractivity contribution >= 4 is 22.6 Å². The maximum absolute atomic E-state index is 10.7. The average molecular weight is 266 g/mol. The van der Waals surface area contributed by atoms with Crippen molar-refractivity contribution in [2.75, 3.05) is 13.6 Å². The van der Waals surface area contributed by atoms with Gasteiger partial charge in [0.25, 0.3) is 0 Å². The number of likely N-dealkylation sites (N-methyl/N-ethyl adjacent to an activating group) is 1. The molecule has 1 aromatic carbocycles. The summed E-state index contributed by atoms with van der Waals surface area (Å²) in [5.74, 6) is 0.613. The number of likely N-dealkylation sites (tertiary alicyclic amines) is 1. The van der Waals surface area contributed by atoms with Crippen LogP contribution in [-0.4, -0.2) is 29.6 Å². The normalized spacial score (nSPS) is 29.2. The van der Waals surface area contributed by atoms with Gasteiger partial charge in [-0.3, -0.25) is 0 Å². The fourth-order valence-corrected chi connectivity index (χ4v) is 2.93. The third-order valence-electron chi connectivity index (χ3n) is 3.85. The number of aliphatic hydroxyl groups is 1. The van der Waals surface area contributed by atoms with E-state index in [2.05, 4.69) is 11.8 Å². The lowest BCUT2D eigenvalue weighted by Gasteiger charge is -2.19. The first-order valence-electron chi connectivity index (χ1n) is 6.11. The van der Waals surface area contributed by atoms with Crippen LogP contribution in [0, 0.1) is 0 Å². The number of furan rings is 1. The molecule has 0 bridgehead atoms. The lowest BCUT2D eigenvalue weighted by Crippen LogP contribution is -2.28. The molecular formula is C14H16ClNO2. The summed E-state index contributed by atoms with van der Waals surface area (Å²) in [5, 5.41) is 12.2. The topological polar surface area (TPSA) is 36.6 Å². The Morgan fingerprint density at radius 1 is 1.50 bits per heavy atom. The molecule has 0 spiro atoms. The van der Waals surface area contributed by atoms with Crippen molar-refractivity contribution in [3.8, 4) is 0 Å². The Kier molecular flexibility index (Phi) is 2.66. The highest BCUT2D eigenvalue weighted by Crippen LogP contribution is 2.38. The molecule has 3 rings (SSSR count). The van der Waals surface area contributed by atoms with E-state index in [-0.39, 0.29) is 0 Å². The quantitative estimate of drug-likeness (QED) is 0.861. The summed E-state index contributed by atoms with van der Waals surface area (Å²) in [6.45, 7) is 2.69. The SMILES string of the molecule is CC1CC(O)(c2cc3cccc(Cl)c3o2)CN1C. The first kappa shape index (κ1) is 12.0. The van der Waals surface area contributed by atoms with Crippen molar-refractivity contribution < 1.29 is 9.52 Å². The van der Waals surface area contributed by atoms with Crippen LogP contribution < -0.4 is 0 Å². The highest BCUT2D eigenvalue weighted by atomic mass is 35.5. The maximum atomic E-state index is 10.7. The predicted octanol–water partition coefficient (Wildman–Crippen LogP) is 3.00. The summed E-state index contributed by atoms with van der Waals surface area (Å²) >= 11 is 6.09. The van der Waals surface area contributed by atoms with Crippen LogP contribution in [0.4, 0.5) is 0 Å². The standard InChI is InChI=1S/C14H16ClNO2/c1-9-7-14(17,8-16(9)2)12-6-10-4-3-5-11(15)13(10)18-12/h3-6,9,17H,7-8H2,1-2H3. The van der Waals surface area contributed by atoms with Crippen molar-refractivity contribution in [2.45, 2.75) is 25.0 Å². The number of fused-ring (bicyclic) bond motifs is 1. The summed E-state index contributed by atoms with van der Waals surface area (Å²) in [4.78, 5) is 2.13. The van der Waals surface area contributed by atoms with Gasteiger partial charge in [-0.15, -0.1) is 0 Å². The fraction of sp³-hybridized carbons (Fsp3) is 0.429. The molecule has 2 atom stereocenters. The number of rotatable bonds is 1. The molecule has 1 N–H and O–H groups in total. The molecule has 18 heavy (non-hydrogen) atoms. The van der Waals surface area contributed by atoms with Crippen LogP contribution >= 0.6 is 11.6 Å². The maximum Gasteiger partial charge on any atom is 0.153 e. The van der Waals surface area contributed by atoms with E-state index < -0.39 is 5.60 Å². The molecule has 0 radical (unpaired) electrons. The molecule has 1 saturated heterocycles. The summed E-state index contributed by atoms with van der Waals surface area (Å²) in [5.41, 5.74) is -0.249. The number of nitrogens with zero attached hydrogens (tertiary/aromatic N) is 1. The van der Waals surface area contributed by atoms with Crippen molar-refractivity contribution in [3.05, 3.63) is 35.0 Å². The second-order valence-corrected chi connectivity index (χ2v) is 5.68.